The Morgan fingerprint density at radius 1 is 1.07 bits per heavy atom. The molecule has 158 valence electrons. The van der Waals surface area contributed by atoms with Crippen LogP contribution < -0.4 is 9.64 Å². The van der Waals surface area contributed by atoms with E-state index in [0.717, 1.165) is 5.41 Å². The zero-order valence-corrected chi connectivity index (χ0v) is 16.3. The number of sulfone groups is 1. The van der Waals surface area contributed by atoms with E-state index in [1.165, 1.54) is 35.2 Å². The lowest BCUT2D eigenvalue weighted by molar-refractivity contribution is -0.121. The third kappa shape index (κ3) is 5.41. The van der Waals surface area contributed by atoms with Crippen LogP contribution in [0.15, 0.2) is 66.1 Å². The first-order valence-electron chi connectivity index (χ1n) is 8.75. The van der Waals surface area contributed by atoms with Gasteiger partial charge in [0.2, 0.25) is 0 Å². The van der Waals surface area contributed by atoms with Crippen molar-refractivity contribution in [1.29, 1.82) is 0 Å². The standard InChI is InChI=1S/C20H17F2NO6S/c21-20(22)29-17-8-6-14(7-9-17)19(25)28-12-18(24)23(15-4-2-1-3-5-15)16-10-11-30(26,27)13-16/h1-11,16,20H,12-13H2. The lowest BCUT2D eigenvalue weighted by Crippen LogP contribution is -2.43. The highest BCUT2D eigenvalue weighted by molar-refractivity contribution is 7.94. The fourth-order valence-corrected chi connectivity index (χ4v) is 4.15. The van der Waals surface area contributed by atoms with Crippen molar-refractivity contribution in [1.82, 2.24) is 0 Å². The van der Waals surface area contributed by atoms with Gasteiger partial charge in [0.1, 0.15) is 5.75 Å². The molecule has 0 bridgehead atoms. The lowest BCUT2D eigenvalue weighted by Gasteiger charge is -2.27. The fraction of sp³-hybridized carbons (Fsp3) is 0.200. The fourth-order valence-electron chi connectivity index (χ4n) is 2.88. The number of esters is 1. The normalized spacial score (nSPS) is 17.0. The van der Waals surface area contributed by atoms with Gasteiger partial charge in [-0.15, -0.1) is 0 Å². The van der Waals surface area contributed by atoms with Crippen LogP contribution >= 0.6 is 0 Å². The van der Waals surface area contributed by atoms with Crippen molar-refractivity contribution in [3.8, 4) is 5.75 Å². The van der Waals surface area contributed by atoms with Gasteiger partial charge in [-0.05, 0) is 42.5 Å². The molecule has 2 aromatic rings. The monoisotopic (exact) mass is 437 g/mol. The van der Waals surface area contributed by atoms with Crippen molar-refractivity contribution >= 4 is 27.4 Å². The number of halogens is 2. The van der Waals surface area contributed by atoms with Crippen molar-refractivity contribution in [2.24, 2.45) is 0 Å². The maximum absolute atomic E-state index is 12.8. The Morgan fingerprint density at radius 2 is 1.73 bits per heavy atom. The SMILES string of the molecule is O=C(OCC(=O)N(c1ccccc1)C1C=CS(=O)(=O)C1)c1ccc(OC(F)F)cc1. The number of carbonyl (C=O) groups is 2. The second-order valence-corrected chi connectivity index (χ2v) is 8.23. The maximum Gasteiger partial charge on any atom is 0.387 e. The predicted octanol–water partition coefficient (Wildman–Crippen LogP) is 2.79. The molecule has 1 aliphatic rings. The number of benzene rings is 2. The Hall–Kier alpha value is -3.27. The molecule has 1 unspecified atom stereocenters. The molecule has 0 spiro atoms. The van der Waals surface area contributed by atoms with Crippen molar-refractivity contribution < 1.29 is 36.3 Å². The van der Waals surface area contributed by atoms with Crippen molar-refractivity contribution in [2.45, 2.75) is 12.7 Å². The summed E-state index contributed by atoms with van der Waals surface area (Å²) in [4.78, 5) is 26.2. The van der Waals surface area contributed by atoms with Crippen molar-refractivity contribution in [3.63, 3.8) is 0 Å². The molecule has 0 fully saturated rings. The molecule has 0 N–H and O–H groups in total. The van der Waals surface area contributed by atoms with Gasteiger partial charge in [0.25, 0.3) is 5.91 Å². The highest BCUT2D eigenvalue weighted by Gasteiger charge is 2.31. The molecule has 3 rings (SSSR count). The minimum Gasteiger partial charge on any atom is -0.452 e. The van der Waals surface area contributed by atoms with Gasteiger partial charge in [0, 0.05) is 11.1 Å². The second kappa shape index (κ2) is 9.04. The Bertz CT molecular complexity index is 1040. The van der Waals surface area contributed by atoms with E-state index in [9.17, 15) is 26.8 Å². The molecule has 7 nitrogen and oxygen atoms in total. The quantitative estimate of drug-likeness (QED) is 0.619. The number of alkyl halides is 2. The summed E-state index contributed by atoms with van der Waals surface area (Å²) in [6.45, 7) is -3.62. The number of hydrogen-bond acceptors (Lipinski definition) is 6. The smallest absolute Gasteiger partial charge is 0.387 e. The zero-order chi connectivity index (χ0) is 21.7. The van der Waals surface area contributed by atoms with E-state index >= 15 is 0 Å². The topological polar surface area (TPSA) is 90.0 Å². The third-order valence-corrected chi connectivity index (χ3v) is 5.57. The molecular formula is C20H17F2NO6S. The number of para-hydroxylation sites is 1. The first-order valence-corrected chi connectivity index (χ1v) is 10.5. The zero-order valence-electron chi connectivity index (χ0n) is 15.5. The van der Waals surface area contributed by atoms with Crippen molar-refractivity contribution in [2.75, 3.05) is 17.3 Å². The summed E-state index contributed by atoms with van der Waals surface area (Å²) in [5.41, 5.74) is 0.498. The largest absolute Gasteiger partial charge is 0.452 e. The molecule has 2 aromatic carbocycles. The number of carbonyl (C=O) groups excluding carboxylic acids is 2. The summed E-state index contributed by atoms with van der Waals surface area (Å²) in [5.74, 6) is -1.84. The van der Waals surface area contributed by atoms with Gasteiger partial charge in [-0.25, -0.2) is 13.2 Å². The summed E-state index contributed by atoms with van der Waals surface area (Å²) < 4.78 is 57.2. The average molecular weight is 437 g/mol. The van der Waals surface area contributed by atoms with Crippen LogP contribution in [0.3, 0.4) is 0 Å². The number of rotatable bonds is 7. The van der Waals surface area contributed by atoms with Crippen LogP contribution in [0.1, 0.15) is 10.4 Å². The van der Waals surface area contributed by atoms with Gasteiger partial charge < -0.3 is 14.4 Å². The second-order valence-electron chi connectivity index (χ2n) is 6.30. The summed E-state index contributed by atoms with van der Waals surface area (Å²) in [6, 6.07) is 12.5. The van der Waals surface area contributed by atoms with Gasteiger partial charge in [-0.1, -0.05) is 18.2 Å². The lowest BCUT2D eigenvalue weighted by atomic mass is 10.2. The van der Waals surface area contributed by atoms with Crippen LogP contribution in [-0.4, -0.2) is 45.3 Å². The first-order chi connectivity index (χ1) is 14.2. The molecule has 0 aliphatic carbocycles. The van der Waals surface area contributed by atoms with Gasteiger partial charge in [0.05, 0.1) is 17.4 Å². The molecule has 1 atom stereocenters. The van der Waals surface area contributed by atoms with Gasteiger partial charge in [-0.3, -0.25) is 4.79 Å². The van der Waals surface area contributed by atoms with E-state index in [0.29, 0.717) is 5.69 Å². The molecule has 1 heterocycles. The van der Waals surface area contributed by atoms with E-state index in [-0.39, 0.29) is 17.1 Å². The van der Waals surface area contributed by atoms with E-state index in [4.69, 9.17) is 4.74 Å². The maximum atomic E-state index is 12.8. The highest BCUT2D eigenvalue weighted by Crippen LogP contribution is 2.23. The van der Waals surface area contributed by atoms with E-state index < -0.39 is 41.0 Å². The third-order valence-electron chi connectivity index (χ3n) is 4.19. The van der Waals surface area contributed by atoms with E-state index in [1.54, 1.807) is 30.3 Å². The Labute approximate surface area is 171 Å². The van der Waals surface area contributed by atoms with Crippen LogP contribution in [0.2, 0.25) is 0 Å². The van der Waals surface area contributed by atoms with Crippen molar-refractivity contribution in [3.05, 3.63) is 71.6 Å². The first kappa shape index (κ1) is 21.4. The van der Waals surface area contributed by atoms with Gasteiger partial charge in [0.15, 0.2) is 16.4 Å². The molecule has 1 aliphatic heterocycles. The van der Waals surface area contributed by atoms with Crippen LogP contribution in [0.5, 0.6) is 5.75 Å². The van der Waals surface area contributed by atoms with E-state index in [1.807, 2.05) is 0 Å². The highest BCUT2D eigenvalue weighted by atomic mass is 32.2. The summed E-state index contributed by atoms with van der Waals surface area (Å²) in [5, 5.41) is 1.05. The van der Waals surface area contributed by atoms with Crippen LogP contribution in [0.4, 0.5) is 14.5 Å². The molecular weight excluding hydrogens is 420 g/mol. The molecule has 0 radical (unpaired) electrons. The minimum absolute atomic E-state index is 0.0408. The Balaban J connectivity index is 1.69. The molecule has 1 amide bonds. The van der Waals surface area contributed by atoms with Gasteiger partial charge >= 0.3 is 12.6 Å². The molecule has 30 heavy (non-hydrogen) atoms. The number of amides is 1. The minimum atomic E-state index is -3.42. The van der Waals surface area contributed by atoms with Gasteiger partial charge in [-0.2, -0.15) is 8.78 Å². The summed E-state index contributed by atoms with van der Waals surface area (Å²) >= 11 is 0. The molecule has 0 saturated carbocycles. The van der Waals surface area contributed by atoms with E-state index in [2.05, 4.69) is 4.74 Å². The van der Waals surface area contributed by atoms with Crippen LogP contribution in [-0.2, 0) is 19.4 Å². The summed E-state index contributed by atoms with van der Waals surface area (Å²) in [6.07, 6.45) is 1.41. The summed E-state index contributed by atoms with van der Waals surface area (Å²) in [7, 11) is -3.42. The number of nitrogens with zero attached hydrogens (tertiary/aromatic N) is 1. The number of ether oxygens (including phenoxy) is 2. The average Bonchev–Trinajstić information content (AvgIpc) is 3.06. The van der Waals surface area contributed by atoms with Crippen LogP contribution in [0, 0.1) is 0 Å². The van der Waals surface area contributed by atoms with Crippen LogP contribution in [0.25, 0.3) is 0 Å². The molecule has 0 saturated heterocycles. The molecule has 10 heteroatoms. The predicted molar refractivity (Wildman–Crippen MR) is 104 cm³/mol. The number of hydrogen-bond donors (Lipinski definition) is 0. The molecule has 0 aromatic heterocycles. The Morgan fingerprint density at radius 3 is 2.30 bits per heavy atom. The number of anilines is 1. The Kier molecular flexibility index (Phi) is 6.46.